The number of ether oxygens (including phenoxy) is 2. The second-order valence-electron chi connectivity index (χ2n) is 4.04. The predicted octanol–water partition coefficient (Wildman–Crippen LogP) is 0.714. The second kappa shape index (κ2) is 3.34. The molecule has 3 rings (SSSR count). The number of nitrogens with two attached hydrogens (primary N) is 1. The number of hydrogen-bond acceptors (Lipinski definition) is 5. The lowest BCUT2D eigenvalue weighted by atomic mass is 10.3. The number of nitrogens with zero attached hydrogens (tertiary/aromatic N) is 2. The molecule has 1 aliphatic carbocycles. The first kappa shape index (κ1) is 8.91. The smallest absolute Gasteiger partial charge is 0.219 e. The average molecular weight is 207 g/mol. The van der Waals surface area contributed by atoms with Gasteiger partial charge >= 0.3 is 0 Å². The lowest BCUT2D eigenvalue weighted by Gasteiger charge is -2.26. The number of nitrogen functional groups attached to an aromatic ring is 1. The van der Waals surface area contributed by atoms with Crippen molar-refractivity contribution < 1.29 is 9.47 Å². The van der Waals surface area contributed by atoms with Crippen LogP contribution in [0.3, 0.4) is 0 Å². The Morgan fingerprint density at radius 3 is 2.73 bits per heavy atom. The van der Waals surface area contributed by atoms with Crippen molar-refractivity contribution in [2.45, 2.75) is 24.9 Å². The molecule has 1 aromatic heterocycles. The van der Waals surface area contributed by atoms with Gasteiger partial charge in [0.05, 0.1) is 13.2 Å². The molecule has 0 atom stereocenters. The maximum atomic E-state index is 5.70. The molecule has 80 valence electrons. The highest BCUT2D eigenvalue weighted by Gasteiger charge is 2.28. The molecule has 0 radical (unpaired) electrons. The van der Waals surface area contributed by atoms with Crippen LogP contribution in [0.25, 0.3) is 0 Å². The summed E-state index contributed by atoms with van der Waals surface area (Å²) >= 11 is 0. The summed E-state index contributed by atoms with van der Waals surface area (Å²) in [5.74, 6) is 2.39. The van der Waals surface area contributed by atoms with E-state index in [9.17, 15) is 0 Å². The molecule has 0 aromatic carbocycles. The van der Waals surface area contributed by atoms with Gasteiger partial charge in [-0.1, -0.05) is 0 Å². The van der Waals surface area contributed by atoms with Crippen LogP contribution < -0.4 is 10.5 Å². The van der Waals surface area contributed by atoms with Crippen LogP contribution in [-0.4, -0.2) is 29.3 Å². The van der Waals surface area contributed by atoms with E-state index >= 15 is 0 Å². The molecule has 1 aliphatic heterocycles. The molecule has 5 nitrogen and oxygen atoms in total. The van der Waals surface area contributed by atoms with E-state index in [1.54, 1.807) is 6.07 Å². The van der Waals surface area contributed by atoms with Crippen LogP contribution in [0.2, 0.25) is 0 Å². The van der Waals surface area contributed by atoms with Gasteiger partial charge in [0.25, 0.3) is 0 Å². The van der Waals surface area contributed by atoms with Crippen LogP contribution in [0.15, 0.2) is 6.07 Å². The summed E-state index contributed by atoms with van der Waals surface area (Å²) in [6.45, 7) is 1.28. The highest BCUT2D eigenvalue weighted by atomic mass is 16.6. The molecule has 1 aromatic rings. The Kier molecular flexibility index (Phi) is 1.98. The monoisotopic (exact) mass is 207 g/mol. The highest BCUT2D eigenvalue weighted by Crippen LogP contribution is 2.38. The zero-order valence-electron chi connectivity index (χ0n) is 8.35. The molecule has 15 heavy (non-hydrogen) atoms. The van der Waals surface area contributed by atoms with Crippen LogP contribution in [0.5, 0.6) is 5.88 Å². The van der Waals surface area contributed by atoms with Crippen molar-refractivity contribution in [2.75, 3.05) is 18.9 Å². The van der Waals surface area contributed by atoms with E-state index in [1.165, 1.54) is 0 Å². The number of anilines is 1. The fourth-order valence-electron chi connectivity index (χ4n) is 1.50. The summed E-state index contributed by atoms with van der Waals surface area (Å²) in [5, 5.41) is 0. The summed E-state index contributed by atoms with van der Waals surface area (Å²) in [7, 11) is 0. The summed E-state index contributed by atoms with van der Waals surface area (Å²) in [5.41, 5.74) is 5.70. The van der Waals surface area contributed by atoms with E-state index in [4.69, 9.17) is 15.2 Å². The van der Waals surface area contributed by atoms with Gasteiger partial charge in [-0.15, -0.1) is 0 Å². The van der Waals surface area contributed by atoms with Crippen LogP contribution in [0, 0.1) is 0 Å². The molecule has 1 saturated carbocycles. The minimum absolute atomic E-state index is 0.131. The van der Waals surface area contributed by atoms with Gasteiger partial charge in [0.2, 0.25) is 5.88 Å². The third-order valence-electron chi connectivity index (χ3n) is 2.58. The molecule has 0 bridgehead atoms. The Morgan fingerprint density at radius 1 is 1.33 bits per heavy atom. The van der Waals surface area contributed by atoms with E-state index in [2.05, 4.69) is 9.97 Å². The Bertz CT molecular complexity index is 375. The van der Waals surface area contributed by atoms with Gasteiger partial charge in [0.1, 0.15) is 17.7 Å². The number of hydrogen-bond donors (Lipinski definition) is 1. The first-order valence-corrected chi connectivity index (χ1v) is 5.20. The van der Waals surface area contributed by atoms with Crippen molar-refractivity contribution >= 4 is 5.82 Å². The molecule has 2 aliphatic rings. The number of aromatic nitrogens is 2. The van der Waals surface area contributed by atoms with Gasteiger partial charge in [-0.25, -0.2) is 4.98 Å². The summed E-state index contributed by atoms with van der Waals surface area (Å²) in [6.07, 6.45) is 2.46. The topological polar surface area (TPSA) is 70.3 Å². The Balaban J connectivity index is 1.79. The zero-order chi connectivity index (χ0) is 10.3. The van der Waals surface area contributed by atoms with E-state index in [1.807, 2.05) is 0 Å². The van der Waals surface area contributed by atoms with Crippen LogP contribution in [0.1, 0.15) is 24.6 Å². The van der Waals surface area contributed by atoms with E-state index in [0.717, 1.165) is 18.7 Å². The molecule has 0 unspecified atom stereocenters. The second-order valence-corrected chi connectivity index (χ2v) is 4.04. The standard InChI is InChI=1S/C10H13N3O2/c11-8-3-9(15-7-4-14-5-7)13-10(12-8)6-1-2-6/h3,6-7H,1-2,4-5H2,(H2,11,12,13). The Labute approximate surface area is 87.6 Å². The van der Waals surface area contributed by atoms with Crippen molar-refractivity contribution in [3.05, 3.63) is 11.9 Å². The van der Waals surface area contributed by atoms with Gasteiger partial charge in [0, 0.05) is 12.0 Å². The van der Waals surface area contributed by atoms with E-state index in [0.29, 0.717) is 30.8 Å². The van der Waals surface area contributed by atoms with Gasteiger partial charge in [-0.2, -0.15) is 4.98 Å². The van der Waals surface area contributed by atoms with Gasteiger partial charge in [-0.05, 0) is 12.8 Å². The fraction of sp³-hybridized carbons (Fsp3) is 0.600. The van der Waals surface area contributed by atoms with Crippen LogP contribution >= 0.6 is 0 Å². The first-order chi connectivity index (χ1) is 7.31. The fourth-order valence-corrected chi connectivity index (χ4v) is 1.50. The van der Waals surface area contributed by atoms with E-state index in [-0.39, 0.29) is 6.10 Å². The van der Waals surface area contributed by atoms with Gasteiger partial charge in [-0.3, -0.25) is 0 Å². The molecule has 2 heterocycles. The minimum atomic E-state index is 0.131. The largest absolute Gasteiger partial charge is 0.469 e. The van der Waals surface area contributed by atoms with Crippen molar-refractivity contribution in [3.8, 4) is 5.88 Å². The first-order valence-electron chi connectivity index (χ1n) is 5.20. The molecule has 0 spiro atoms. The minimum Gasteiger partial charge on any atom is -0.469 e. The zero-order valence-corrected chi connectivity index (χ0v) is 8.35. The molecule has 0 amide bonds. The van der Waals surface area contributed by atoms with Crippen molar-refractivity contribution in [3.63, 3.8) is 0 Å². The molecule has 1 saturated heterocycles. The maximum absolute atomic E-state index is 5.70. The van der Waals surface area contributed by atoms with E-state index < -0.39 is 0 Å². The van der Waals surface area contributed by atoms with Crippen LogP contribution in [-0.2, 0) is 4.74 Å². The Hall–Kier alpha value is -1.36. The Morgan fingerprint density at radius 2 is 2.13 bits per heavy atom. The lowest BCUT2D eigenvalue weighted by Crippen LogP contribution is -2.38. The predicted molar refractivity (Wildman–Crippen MR) is 53.7 cm³/mol. The molecule has 2 fully saturated rings. The normalized spacial score (nSPS) is 21.1. The molecular weight excluding hydrogens is 194 g/mol. The van der Waals surface area contributed by atoms with Gasteiger partial charge < -0.3 is 15.2 Å². The quantitative estimate of drug-likeness (QED) is 0.790. The lowest BCUT2D eigenvalue weighted by molar-refractivity contribution is -0.0814. The SMILES string of the molecule is Nc1cc(OC2COC2)nc(C2CC2)n1. The third kappa shape index (κ3) is 1.87. The number of rotatable bonds is 3. The van der Waals surface area contributed by atoms with Crippen molar-refractivity contribution in [1.29, 1.82) is 0 Å². The molecule has 5 heteroatoms. The highest BCUT2D eigenvalue weighted by molar-refractivity contribution is 5.34. The summed E-state index contributed by atoms with van der Waals surface area (Å²) in [6, 6.07) is 1.67. The summed E-state index contributed by atoms with van der Waals surface area (Å²) < 4.78 is 10.6. The summed E-state index contributed by atoms with van der Waals surface area (Å²) in [4.78, 5) is 8.55. The van der Waals surface area contributed by atoms with Crippen molar-refractivity contribution in [1.82, 2.24) is 9.97 Å². The molecule has 2 N–H and O–H groups in total. The maximum Gasteiger partial charge on any atom is 0.219 e. The molecular formula is C10H13N3O2. The van der Waals surface area contributed by atoms with Gasteiger partial charge in [0.15, 0.2) is 0 Å². The average Bonchev–Trinajstić information content (AvgIpc) is 2.93. The van der Waals surface area contributed by atoms with Crippen molar-refractivity contribution in [2.24, 2.45) is 0 Å². The third-order valence-corrected chi connectivity index (χ3v) is 2.58. The van der Waals surface area contributed by atoms with Crippen LogP contribution in [0.4, 0.5) is 5.82 Å².